The standard InChI is InChI=1S/C16H18N4O/c1-2-5-12(6-3-1)17-15-8-9-20-16(18-15)11-13(19-20)14-7-4-10-21-14/h4,7-12H,1-3,5-6H2,(H,17,18). The molecule has 0 saturated heterocycles. The van der Waals surface area contributed by atoms with E-state index in [1.807, 2.05) is 30.5 Å². The summed E-state index contributed by atoms with van der Waals surface area (Å²) in [5, 5.41) is 8.02. The number of aromatic nitrogens is 3. The van der Waals surface area contributed by atoms with E-state index < -0.39 is 0 Å². The molecule has 0 unspecified atom stereocenters. The first-order chi connectivity index (χ1) is 10.4. The summed E-state index contributed by atoms with van der Waals surface area (Å²) in [6.07, 6.45) is 10.1. The van der Waals surface area contributed by atoms with Crippen LogP contribution in [0.25, 0.3) is 17.1 Å². The number of furan rings is 1. The number of hydrogen-bond acceptors (Lipinski definition) is 4. The Bertz CT molecular complexity index is 726. The minimum Gasteiger partial charge on any atom is -0.463 e. The second kappa shape index (κ2) is 5.24. The fraction of sp³-hybridized carbons (Fsp3) is 0.375. The highest BCUT2D eigenvalue weighted by atomic mass is 16.3. The lowest BCUT2D eigenvalue weighted by atomic mass is 9.95. The maximum absolute atomic E-state index is 5.38. The van der Waals surface area contributed by atoms with Gasteiger partial charge in [-0.05, 0) is 31.0 Å². The molecule has 5 heteroatoms. The van der Waals surface area contributed by atoms with Crippen LogP contribution in [0.1, 0.15) is 32.1 Å². The van der Waals surface area contributed by atoms with Crippen LogP contribution in [0.3, 0.4) is 0 Å². The maximum Gasteiger partial charge on any atom is 0.158 e. The van der Waals surface area contributed by atoms with Gasteiger partial charge in [-0.25, -0.2) is 9.50 Å². The summed E-state index contributed by atoms with van der Waals surface area (Å²) < 4.78 is 7.16. The summed E-state index contributed by atoms with van der Waals surface area (Å²) in [5.41, 5.74) is 1.64. The van der Waals surface area contributed by atoms with Gasteiger partial charge in [0.25, 0.3) is 0 Å². The van der Waals surface area contributed by atoms with Gasteiger partial charge in [-0.15, -0.1) is 0 Å². The van der Waals surface area contributed by atoms with E-state index in [2.05, 4.69) is 15.4 Å². The van der Waals surface area contributed by atoms with Crippen LogP contribution in [0.4, 0.5) is 5.82 Å². The van der Waals surface area contributed by atoms with Crippen molar-refractivity contribution >= 4 is 11.5 Å². The van der Waals surface area contributed by atoms with Gasteiger partial charge in [0, 0.05) is 18.3 Å². The Morgan fingerprint density at radius 1 is 1.19 bits per heavy atom. The smallest absolute Gasteiger partial charge is 0.158 e. The predicted molar refractivity (Wildman–Crippen MR) is 81.2 cm³/mol. The Balaban J connectivity index is 1.60. The van der Waals surface area contributed by atoms with Gasteiger partial charge in [0.15, 0.2) is 11.4 Å². The van der Waals surface area contributed by atoms with Gasteiger partial charge in [-0.2, -0.15) is 5.10 Å². The quantitative estimate of drug-likeness (QED) is 0.795. The molecule has 5 nitrogen and oxygen atoms in total. The molecule has 0 spiro atoms. The molecule has 0 radical (unpaired) electrons. The maximum atomic E-state index is 5.38. The Labute approximate surface area is 123 Å². The Kier molecular flexibility index (Phi) is 3.10. The zero-order valence-electron chi connectivity index (χ0n) is 11.8. The van der Waals surface area contributed by atoms with Crippen molar-refractivity contribution in [2.24, 2.45) is 0 Å². The minimum atomic E-state index is 0.557. The number of nitrogens with zero attached hydrogens (tertiary/aromatic N) is 3. The van der Waals surface area contributed by atoms with Crippen molar-refractivity contribution in [3.05, 3.63) is 36.7 Å². The van der Waals surface area contributed by atoms with E-state index in [9.17, 15) is 0 Å². The monoisotopic (exact) mass is 282 g/mol. The van der Waals surface area contributed by atoms with Gasteiger partial charge in [0.05, 0.1) is 6.26 Å². The molecule has 0 aromatic carbocycles. The van der Waals surface area contributed by atoms with Crippen LogP contribution in [0.15, 0.2) is 41.1 Å². The summed E-state index contributed by atoms with van der Waals surface area (Å²) in [4.78, 5) is 4.65. The van der Waals surface area contributed by atoms with E-state index in [4.69, 9.17) is 4.42 Å². The third-order valence-electron chi connectivity index (χ3n) is 4.06. The largest absolute Gasteiger partial charge is 0.463 e. The third-order valence-corrected chi connectivity index (χ3v) is 4.06. The summed E-state index contributed by atoms with van der Waals surface area (Å²) in [7, 11) is 0. The molecule has 3 aromatic heterocycles. The van der Waals surface area contributed by atoms with Gasteiger partial charge in [0.2, 0.25) is 0 Å². The molecule has 0 bridgehead atoms. The summed E-state index contributed by atoms with van der Waals surface area (Å²) in [6, 6.07) is 8.26. The van der Waals surface area contributed by atoms with Crippen molar-refractivity contribution in [3.63, 3.8) is 0 Å². The molecule has 0 aliphatic heterocycles. The molecule has 1 N–H and O–H groups in total. The molecule has 1 aliphatic rings. The second-order valence-corrected chi connectivity index (χ2v) is 5.60. The van der Waals surface area contributed by atoms with E-state index >= 15 is 0 Å². The van der Waals surface area contributed by atoms with Gasteiger partial charge in [-0.1, -0.05) is 19.3 Å². The predicted octanol–water partition coefficient (Wildman–Crippen LogP) is 3.73. The third kappa shape index (κ3) is 2.51. The van der Waals surface area contributed by atoms with Crippen molar-refractivity contribution in [1.29, 1.82) is 0 Å². The van der Waals surface area contributed by atoms with Crippen molar-refractivity contribution in [1.82, 2.24) is 14.6 Å². The fourth-order valence-corrected chi connectivity index (χ4v) is 2.96. The van der Waals surface area contributed by atoms with Gasteiger partial charge < -0.3 is 9.73 Å². The molecule has 108 valence electrons. The molecule has 1 aliphatic carbocycles. The Hall–Kier alpha value is -2.30. The van der Waals surface area contributed by atoms with E-state index in [1.54, 1.807) is 10.8 Å². The molecule has 21 heavy (non-hydrogen) atoms. The first-order valence-electron chi connectivity index (χ1n) is 7.55. The Morgan fingerprint density at radius 3 is 2.90 bits per heavy atom. The second-order valence-electron chi connectivity index (χ2n) is 5.60. The average Bonchev–Trinajstić information content (AvgIpc) is 3.17. The van der Waals surface area contributed by atoms with Crippen LogP contribution in [-0.4, -0.2) is 20.6 Å². The molecular formula is C16H18N4O. The van der Waals surface area contributed by atoms with Crippen LogP contribution in [0.2, 0.25) is 0 Å². The van der Waals surface area contributed by atoms with E-state index in [0.29, 0.717) is 6.04 Å². The van der Waals surface area contributed by atoms with Crippen LogP contribution in [-0.2, 0) is 0 Å². The topological polar surface area (TPSA) is 55.4 Å². The number of rotatable bonds is 3. The molecule has 0 atom stereocenters. The molecule has 1 fully saturated rings. The average molecular weight is 282 g/mol. The highest BCUT2D eigenvalue weighted by molar-refractivity contribution is 5.60. The van der Waals surface area contributed by atoms with Crippen LogP contribution in [0, 0.1) is 0 Å². The van der Waals surface area contributed by atoms with Crippen LogP contribution in [0.5, 0.6) is 0 Å². The van der Waals surface area contributed by atoms with E-state index in [-0.39, 0.29) is 0 Å². The van der Waals surface area contributed by atoms with Crippen LogP contribution >= 0.6 is 0 Å². The van der Waals surface area contributed by atoms with E-state index in [1.165, 1.54) is 32.1 Å². The lowest BCUT2D eigenvalue weighted by molar-refractivity contribution is 0.462. The highest BCUT2D eigenvalue weighted by Crippen LogP contribution is 2.22. The van der Waals surface area contributed by atoms with Crippen molar-refractivity contribution < 1.29 is 4.42 Å². The lowest BCUT2D eigenvalue weighted by Gasteiger charge is -2.23. The van der Waals surface area contributed by atoms with E-state index in [0.717, 1.165) is 22.9 Å². The first-order valence-corrected chi connectivity index (χ1v) is 7.55. The van der Waals surface area contributed by atoms with Gasteiger partial charge in [-0.3, -0.25) is 0 Å². The molecule has 3 heterocycles. The number of hydrogen-bond donors (Lipinski definition) is 1. The molecule has 1 saturated carbocycles. The number of fused-ring (bicyclic) bond motifs is 1. The normalized spacial score (nSPS) is 16.4. The highest BCUT2D eigenvalue weighted by Gasteiger charge is 2.14. The zero-order chi connectivity index (χ0) is 14.1. The fourth-order valence-electron chi connectivity index (χ4n) is 2.96. The minimum absolute atomic E-state index is 0.557. The van der Waals surface area contributed by atoms with Gasteiger partial charge >= 0.3 is 0 Å². The Morgan fingerprint density at radius 2 is 2.10 bits per heavy atom. The number of anilines is 1. The molecule has 0 amide bonds. The molecule has 3 aromatic rings. The van der Waals surface area contributed by atoms with Gasteiger partial charge in [0.1, 0.15) is 11.5 Å². The summed E-state index contributed by atoms with van der Waals surface area (Å²) in [6.45, 7) is 0. The van der Waals surface area contributed by atoms with Crippen molar-refractivity contribution in [2.45, 2.75) is 38.1 Å². The molecule has 4 rings (SSSR count). The lowest BCUT2D eigenvalue weighted by Crippen LogP contribution is -2.22. The molecular weight excluding hydrogens is 264 g/mol. The number of nitrogens with one attached hydrogen (secondary N) is 1. The first kappa shape index (κ1) is 12.4. The van der Waals surface area contributed by atoms with Crippen molar-refractivity contribution in [2.75, 3.05) is 5.32 Å². The summed E-state index contributed by atoms with van der Waals surface area (Å²) in [5.74, 6) is 1.70. The zero-order valence-corrected chi connectivity index (χ0v) is 11.8. The van der Waals surface area contributed by atoms with Crippen LogP contribution < -0.4 is 5.32 Å². The summed E-state index contributed by atoms with van der Waals surface area (Å²) >= 11 is 0. The van der Waals surface area contributed by atoms with Crippen molar-refractivity contribution in [3.8, 4) is 11.5 Å². The SMILES string of the molecule is c1coc(-c2cc3nc(NC4CCCCC4)ccn3n2)c1.